The van der Waals surface area contributed by atoms with Gasteiger partial charge in [0, 0.05) is 4.75 Å². The molecule has 1 saturated heterocycles. The molecular weight excluding hydrogens is 222 g/mol. The summed E-state index contributed by atoms with van der Waals surface area (Å²) in [5.74, 6) is 1.11. The Labute approximate surface area is 99.9 Å². The fourth-order valence-corrected chi connectivity index (χ4v) is 3.84. The number of nitrogens with zero attached hydrogens (tertiary/aromatic N) is 2. The average molecular weight is 239 g/mol. The molecule has 1 fully saturated rings. The number of hydrogen-bond donors (Lipinski definition) is 1. The summed E-state index contributed by atoms with van der Waals surface area (Å²) in [6, 6.07) is 0.0775. The van der Waals surface area contributed by atoms with E-state index in [2.05, 4.69) is 49.8 Å². The lowest BCUT2D eigenvalue weighted by atomic mass is 10.0. The Balaban J connectivity index is 2.30. The number of rotatable bonds is 2. The number of nitrogens with one attached hydrogen (secondary N) is 1. The first-order valence-corrected chi connectivity index (χ1v) is 6.09. The highest BCUT2D eigenvalue weighted by Gasteiger charge is 2.48. The minimum atomic E-state index is 0.0248. The quantitative estimate of drug-likeness (QED) is 0.859. The molecule has 1 aromatic rings. The molecule has 0 radical (unpaired) electrons. The fraction of sp³-hybridized carbons (Fsp3) is 0.636. The molecule has 0 unspecified atom stereocenters. The molecular formula is C11H17N3OS. The first-order chi connectivity index (χ1) is 7.34. The molecule has 88 valence electrons. The third kappa shape index (κ3) is 2.01. The van der Waals surface area contributed by atoms with Crippen molar-refractivity contribution in [3.63, 3.8) is 0 Å². The Bertz CT molecular complexity index is 411. The van der Waals surface area contributed by atoms with Crippen LogP contribution in [0.2, 0.25) is 0 Å². The van der Waals surface area contributed by atoms with E-state index >= 15 is 0 Å². The van der Waals surface area contributed by atoms with E-state index in [9.17, 15) is 0 Å². The van der Waals surface area contributed by atoms with Crippen molar-refractivity contribution >= 4 is 17.8 Å². The predicted molar refractivity (Wildman–Crippen MR) is 66.0 cm³/mol. The summed E-state index contributed by atoms with van der Waals surface area (Å²) >= 11 is 1.88. The van der Waals surface area contributed by atoms with Gasteiger partial charge in [-0.15, -0.1) is 22.0 Å². The van der Waals surface area contributed by atoms with E-state index < -0.39 is 0 Å². The molecule has 0 saturated carbocycles. The summed E-state index contributed by atoms with van der Waals surface area (Å²) < 4.78 is 5.57. The van der Waals surface area contributed by atoms with Gasteiger partial charge in [-0.2, -0.15) is 0 Å². The largest absolute Gasteiger partial charge is 0.420 e. The van der Waals surface area contributed by atoms with E-state index in [1.54, 1.807) is 6.08 Å². The van der Waals surface area contributed by atoms with Gasteiger partial charge in [-0.05, 0) is 33.8 Å². The molecule has 1 aliphatic rings. The summed E-state index contributed by atoms with van der Waals surface area (Å²) in [6.45, 7) is 12.3. The highest BCUT2D eigenvalue weighted by Crippen LogP contribution is 2.50. The highest BCUT2D eigenvalue weighted by molar-refractivity contribution is 8.02. The molecule has 4 nitrogen and oxygen atoms in total. The topological polar surface area (TPSA) is 51.0 Å². The first-order valence-electron chi connectivity index (χ1n) is 5.28. The van der Waals surface area contributed by atoms with Gasteiger partial charge in [0.15, 0.2) is 0 Å². The highest BCUT2D eigenvalue weighted by atomic mass is 32.2. The minimum absolute atomic E-state index is 0.0248. The SMILES string of the molecule is C=Cc1nnc([C@H]2NC(C)(C)SC2(C)C)o1. The molecule has 0 bridgehead atoms. The molecule has 1 aromatic heterocycles. The van der Waals surface area contributed by atoms with Gasteiger partial charge in [-0.25, -0.2) is 0 Å². The zero-order chi connectivity index (χ0) is 12.0. The lowest BCUT2D eigenvalue weighted by molar-refractivity contribution is 0.347. The average Bonchev–Trinajstić information content (AvgIpc) is 2.67. The van der Waals surface area contributed by atoms with E-state index in [0.29, 0.717) is 11.8 Å². The standard InChI is InChI=1S/C11H17N3OS/c1-6-7-13-14-9(15-7)8-10(2,3)16-11(4,5)12-8/h6,8,12H,1H2,2-5H3/t8-/m1/s1. The monoisotopic (exact) mass is 239 g/mol. The van der Waals surface area contributed by atoms with Crippen LogP contribution in [0.3, 0.4) is 0 Å². The third-order valence-electron chi connectivity index (χ3n) is 2.58. The zero-order valence-corrected chi connectivity index (χ0v) is 10.9. The van der Waals surface area contributed by atoms with Crippen LogP contribution in [0.15, 0.2) is 11.0 Å². The maximum absolute atomic E-state index is 5.53. The van der Waals surface area contributed by atoms with Crippen LogP contribution in [0.1, 0.15) is 45.5 Å². The Morgan fingerprint density at radius 1 is 1.38 bits per heavy atom. The second-order valence-electron chi connectivity index (χ2n) is 4.98. The molecule has 2 rings (SSSR count). The molecule has 0 spiro atoms. The van der Waals surface area contributed by atoms with E-state index in [4.69, 9.17) is 4.42 Å². The van der Waals surface area contributed by atoms with E-state index in [1.807, 2.05) is 11.8 Å². The molecule has 1 atom stereocenters. The zero-order valence-electron chi connectivity index (χ0n) is 10.1. The summed E-state index contributed by atoms with van der Waals surface area (Å²) in [4.78, 5) is 0.0248. The van der Waals surface area contributed by atoms with Crippen molar-refractivity contribution in [3.05, 3.63) is 18.4 Å². The smallest absolute Gasteiger partial charge is 0.240 e. The third-order valence-corrected chi connectivity index (χ3v) is 3.97. The van der Waals surface area contributed by atoms with Crippen LogP contribution in [0.4, 0.5) is 0 Å². The molecule has 2 heterocycles. The molecule has 0 aromatic carbocycles. The summed E-state index contributed by atoms with van der Waals surface area (Å²) in [7, 11) is 0. The summed E-state index contributed by atoms with van der Waals surface area (Å²) in [6.07, 6.45) is 1.57. The maximum Gasteiger partial charge on any atom is 0.240 e. The van der Waals surface area contributed by atoms with Gasteiger partial charge < -0.3 is 4.42 Å². The van der Waals surface area contributed by atoms with Crippen molar-refractivity contribution in [1.82, 2.24) is 15.5 Å². The van der Waals surface area contributed by atoms with Gasteiger partial charge in [-0.1, -0.05) is 6.58 Å². The first kappa shape index (κ1) is 11.7. The second kappa shape index (κ2) is 3.60. The summed E-state index contributed by atoms with van der Waals surface area (Å²) in [5.41, 5.74) is 0. The number of aromatic nitrogens is 2. The lowest BCUT2D eigenvalue weighted by Crippen LogP contribution is -2.34. The van der Waals surface area contributed by atoms with Crippen molar-refractivity contribution in [1.29, 1.82) is 0 Å². The van der Waals surface area contributed by atoms with Crippen molar-refractivity contribution < 1.29 is 4.42 Å². The Hall–Kier alpha value is -0.810. The Morgan fingerprint density at radius 3 is 2.50 bits per heavy atom. The second-order valence-corrected chi connectivity index (χ2v) is 7.25. The van der Waals surface area contributed by atoms with Crippen molar-refractivity contribution in [2.45, 2.75) is 43.4 Å². The van der Waals surface area contributed by atoms with Crippen LogP contribution < -0.4 is 5.32 Å². The van der Waals surface area contributed by atoms with Gasteiger partial charge in [0.1, 0.15) is 6.04 Å². The van der Waals surface area contributed by atoms with Gasteiger partial charge >= 0.3 is 0 Å². The molecule has 1 N–H and O–H groups in total. The van der Waals surface area contributed by atoms with Gasteiger partial charge in [-0.3, -0.25) is 5.32 Å². The van der Waals surface area contributed by atoms with Crippen LogP contribution in [0.25, 0.3) is 6.08 Å². The minimum Gasteiger partial charge on any atom is -0.420 e. The van der Waals surface area contributed by atoms with Crippen LogP contribution in [-0.4, -0.2) is 19.8 Å². The van der Waals surface area contributed by atoms with Crippen LogP contribution in [-0.2, 0) is 0 Å². The molecule has 0 aliphatic carbocycles. The number of thioether (sulfide) groups is 1. The van der Waals surface area contributed by atoms with Crippen molar-refractivity contribution in [2.75, 3.05) is 0 Å². The summed E-state index contributed by atoms with van der Waals surface area (Å²) in [5, 5.41) is 11.5. The Morgan fingerprint density at radius 2 is 2.06 bits per heavy atom. The van der Waals surface area contributed by atoms with Crippen LogP contribution >= 0.6 is 11.8 Å². The molecule has 16 heavy (non-hydrogen) atoms. The van der Waals surface area contributed by atoms with E-state index in [1.165, 1.54) is 0 Å². The predicted octanol–water partition coefficient (Wildman–Crippen LogP) is 2.60. The van der Waals surface area contributed by atoms with Gasteiger partial charge in [0.05, 0.1) is 4.87 Å². The Kier molecular flexibility index (Phi) is 2.62. The van der Waals surface area contributed by atoms with Gasteiger partial charge in [0.2, 0.25) is 11.8 Å². The van der Waals surface area contributed by atoms with Crippen molar-refractivity contribution in [3.8, 4) is 0 Å². The van der Waals surface area contributed by atoms with Crippen LogP contribution in [0.5, 0.6) is 0 Å². The molecule has 5 heteroatoms. The number of hydrogen-bond acceptors (Lipinski definition) is 5. The van der Waals surface area contributed by atoms with Gasteiger partial charge in [0.25, 0.3) is 0 Å². The normalized spacial score (nSPS) is 26.9. The maximum atomic E-state index is 5.53. The molecule has 1 aliphatic heterocycles. The van der Waals surface area contributed by atoms with E-state index in [-0.39, 0.29) is 15.7 Å². The fourth-order valence-electron chi connectivity index (χ4n) is 2.07. The van der Waals surface area contributed by atoms with Crippen LogP contribution in [0, 0.1) is 0 Å². The van der Waals surface area contributed by atoms with Crippen molar-refractivity contribution in [2.24, 2.45) is 0 Å². The van der Waals surface area contributed by atoms with E-state index in [0.717, 1.165) is 0 Å². The molecule has 0 amide bonds. The lowest BCUT2D eigenvalue weighted by Gasteiger charge is -2.21.